The van der Waals surface area contributed by atoms with Gasteiger partial charge < -0.3 is 11.1 Å². The molecule has 1 heterocycles. The Labute approximate surface area is 152 Å². The molecule has 0 aliphatic rings. The molecule has 0 atom stereocenters. The number of hydrogen-bond donors (Lipinski definition) is 2. The molecule has 25 heavy (non-hydrogen) atoms. The highest BCUT2D eigenvalue weighted by Gasteiger charge is 2.09. The Hall–Kier alpha value is -2.66. The predicted molar refractivity (Wildman–Crippen MR) is 107 cm³/mol. The highest BCUT2D eigenvalue weighted by molar-refractivity contribution is 7.15. The second-order valence-corrected chi connectivity index (χ2v) is 7.18. The van der Waals surface area contributed by atoms with E-state index in [2.05, 4.69) is 59.5 Å². The molecule has 0 saturated carbocycles. The average molecular weight is 350 g/mol. The van der Waals surface area contributed by atoms with Crippen molar-refractivity contribution in [3.05, 3.63) is 70.2 Å². The van der Waals surface area contributed by atoms with E-state index >= 15 is 0 Å². The first-order valence-electron chi connectivity index (χ1n) is 8.18. The molecule has 0 amide bonds. The molecule has 4 nitrogen and oxygen atoms in total. The number of hydrogen-bond acceptors (Lipinski definition) is 3. The number of aliphatic imine (C=N–C) groups is 1. The Bertz CT molecular complexity index is 877. The molecule has 0 bridgehead atoms. The molecule has 0 unspecified atom stereocenters. The number of nitrogens with one attached hydrogen (secondary N) is 1. The van der Waals surface area contributed by atoms with Crippen LogP contribution in [0.2, 0.25) is 0 Å². The molecular formula is C20H22N4S. The topological polar surface area (TPSA) is 63.3 Å². The van der Waals surface area contributed by atoms with Gasteiger partial charge in [0.15, 0.2) is 5.96 Å². The van der Waals surface area contributed by atoms with Crippen LogP contribution in [0.5, 0.6) is 0 Å². The zero-order chi connectivity index (χ0) is 17.8. The largest absolute Gasteiger partial charge is 0.370 e. The molecule has 0 fully saturated rings. The molecule has 0 aliphatic carbocycles. The van der Waals surface area contributed by atoms with Crippen LogP contribution in [0.1, 0.15) is 21.7 Å². The van der Waals surface area contributed by atoms with E-state index < -0.39 is 0 Å². The van der Waals surface area contributed by atoms with Crippen molar-refractivity contribution < 1.29 is 0 Å². The lowest BCUT2D eigenvalue weighted by Crippen LogP contribution is -2.22. The summed E-state index contributed by atoms with van der Waals surface area (Å²) < 4.78 is 0. The quantitative estimate of drug-likeness (QED) is 0.531. The number of anilines is 1. The van der Waals surface area contributed by atoms with Gasteiger partial charge in [0.05, 0.1) is 12.2 Å². The van der Waals surface area contributed by atoms with E-state index in [0.717, 1.165) is 26.8 Å². The monoisotopic (exact) mass is 350 g/mol. The normalized spacial score (nSPS) is 11.6. The maximum Gasteiger partial charge on any atom is 0.193 e. The minimum atomic E-state index is 0.416. The molecule has 3 N–H and O–H groups in total. The summed E-state index contributed by atoms with van der Waals surface area (Å²) in [6, 6.07) is 16.4. The molecule has 0 spiro atoms. The van der Waals surface area contributed by atoms with Gasteiger partial charge in [0.2, 0.25) is 0 Å². The summed E-state index contributed by atoms with van der Waals surface area (Å²) in [5.41, 5.74) is 11.5. The van der Waals surface area contributed by atoms with Gasteiger partial charge >= 0.3 is 0 Å². The Morgan fingerprint density at radius 1 is 1.08 bits per heavy atom. The van der Waals surface area contributed by atoms with Crippen LogP contribution in [-0.2, 0) is 6.54 Å². The third kappa shape index (κ3) is 4.45. The van der Waals surface area contributed by atoms with Crippen molar-refractivity contribution in [3.63, 3.8) is 0 Å². The van der Waals surface area contributed by atoms with Gasteiger partial charge in [-0.1, -0.05) is 36.4 Å². The highest BCUT2D eigenvalue weighted by Crippen LogP contribution is 2.28. The van der Waals surface area contributed by atoms with Gasteiger partial charge in [-0.05, 0) is 44.0 Å². The van der Waals surface area contributed by atoms with Gasteiger partial charge in [0.1, 0.15) is 5.01 Å². The minimum Gasteiger partial charge on any atom is -0.370 e. The Morgan fingerprint density at radius 3 is 2.44 bits per heavy atom. The van der Waals surface area contributed by atoms with Crippen LogP contribution in [0.3, 0.4) is 0 Å². The number of guanidine groups is 1. The molecule has 1 aromatic heterocycles. The van der Waals surface area contributed by atoms with Crippen LogP contribution in [0.25, 0.3) is 10.6 Å². The molecule has 5 heteroatoms. The van der Waals surface area contributed by atoms with E-state index in [1.54, 1.807) is 11.3 Å². The van der Waals surface area contributed by atoms with Crippen LogP contribution in [0.4, 0.5) is 5.69 Å². The standard InChI is InChI=1S/C20H22N4S/c1-13-9-14(2)11-17(10-13)24-20(21)22-12-18-15(3)23-19(25-18)16-7-5-4-6-8-16/h4-11H,12H2,1-3H3,(H3,21,22,24). The Kier molecular flexibility index (Phi) is 5.14. The number of rotatable bonds is 4. The van der Waals surface area contributed by atoms with Crippen LogP contribution in [0.15, 0.2) is 53.5 Å². The second kappa shape index (κ2) is 7.49. The maximum absolute atomic E-state index is 6.04. The van der Waals surface area contributed by atoms with E-state index in [-0.39, 0.29) is 0 Å². The Morgan fingerprint density at radius 2 is 1.76 bits per heavy atom. The van der Waals surface area contributed by atoms with Crippen LogP contribution in [0, 0.1) is 20.8 Å². The van der Waals surface area contributed by atoms with Crippen molar-refractivity contribution in [2.45, 2.75) is 27.3 Å². The number of benzene rings is 2. The van der Waals surface area contributed by atoms with Gasteiger partial charge in [-0.3, -0.25) is 0 Å². The summed E-state index contributed by atoms with van der Waals surface area (Å²) in [7, 11) is 0. The SMILES string of the molecule is Cc1cc(C)cc(NC(N)=NCc2sc(-c3ccccc3)nc2C)c1. The lowest BCUT2D eigenvalue weighted by molar-refractivity contribution is 1.05. The van der Waals surface area contributed by atoms with E-state index in [0.29, 0.717) is 12.5 Å². The number of thiazole rings is 1. The van der Waals surface area contributed by atoms with Crippen molar-refractivity contribution in [2.24, 2.45) is 10.7 Å². The van der Waals surface area contributed by atoms with Crippen molar-refractivity contribution in [1.29, 1.82) is 0 Å². The number of aryl methyl sites for hydroxylation is 3. The van der Waals surface area contributed by atoms with Crippen LogP contribution >= 0.6 is 11.3 Å². The van der Waals surface area contributed by atoms with Crippen LogP contribution < -0.4 is 11.1 Å². The third-order valence-electron chi connectivity index (χ3n) is 3.80. The highest BCUT2D eigenvalue weighted by atomic mass is 32.1. The summed E-state index contributed by atoms with van der Waals surface area (Å²) in [5, 5.41) is 4.18. The van der Waals surface area contributed by atoms with Crippen molar-refractivity contribution in [1.82, 2.24) is 4.98 Å². The summed E-state index contributed by atoms with van der Waals surface area (Å²) in [6.45, 7) is 6.68. The molecule has 2 aromatic carbocycles. The third-order valence-corrected chi connectivity index (χ3v) is 4.99. The fourth-order valence-electron chi connectivity index (χ4n) is 2.67. The zero-order valence-corrected chi connectivity index (χ0v) is 15.5. The van der Waals surface area contributed by atoms with Crippen molar-refractivity contribution in [2.75, 3.05) is 5.32 Å². The summed E-state index contributed by atoms with van der Waals surface area (Å²) in [5.74, 6) is 0.416. The first kappa shape index (κ1) is 17.2. The predicted octanol–water partition coefficient (Wildman–Crippen LogP) is 4.66. The van der Waals surface area contributed by atoms with Gasteiger partial charge in [-0.15, -0.1) is 11.3 Å². The summed E-state index contributed by atoms with van der Waals surface area (Å²) in [6.07, 6.45) is 0. The zero-order valence-electron chi connectivity index (χ0n) is 14.7. The second-order valence-electron chi connectivity index (χ2n) is 6.10. The van der Waals surface area contributed by atoms with E-state index in [1.807, 2.05) is 25.1 Å². The number of aromatic nitrogens is 1. The smallest absolute Gasteiger partial charge is 0.193 e. The molecule has 128 valence electrons. The number of nitrogens with zero attached hydrogens (tertiary/aromatic N) is 2. The molecule has 0 radical (unpaired) electrons. The lowest BCUT2D eigenvalue weighted by Gasteiger charge is -2.07. The molecule has 3 rings (SSSR count). The average Bonchev–Trinajstić information content (AvgIpc) is 2.94. The first-order chi connectivity index (χ1) is 12.0. The van der Waals surface area contributed by atoms with Gasteiger partial charge in [0.25, 0.3) is 0 Å². The number of nitrogens with two attached hydrogens (primary N) is 1. The van der Waals surface area contributed by atoms with Crippen molar-refractivity contribution in [3.8, 4) is 10.6 Å². The fourth-order valence-corrected chi connectivity index (χ4v) is 3.66. The first-order valence-corrected chi connectivity index (χ1v) is 9.00. The molecule has 0 saturated heterocycles. The lowest BCUT2D eigenvalue weighted by atomic mass is 10.1. The Balaban J connectivity index is 1.72. The van der Waals surface area contributed by atoms with Gasteiger partial charge in [-0.25, -0.2) is 9.98 Å². The molecular weight excluding hydrogens is 328 g/mol. The van der Waals surface area contributed by atoms with E-state index in [4.69, 9.17) is 5.73 Å². The maximum atomic E-state index is 6.04. The van der Waals surface area contributed by atoms with Crippen LogP contribution in [-0.4, -0.2) is 10.9 Å². The fraction of sp³-hybridized carbons (Fsp3) is 0.200. The summed E-state index contributed by atoms with van der Waals surface area (Å²) in [4.78, 5) is 10.3. The van der Waals surface area contributed by atoms with Crippen molar-refractivity contribution >= 4 is 23.0 Å². The van der Waals surface area contributed by atoms with E-state index in [9.17, 15) is 0 Å². The summed E-state index contributed by atoms with van der Waals surface area (Å²) >= 11 is 1.66. The van der Waals surface area contributed by atoms with E-state index in [1.165, 1.54) is 11.1 Å². The van der Waals surface area contributed by atoms with Gasteiger partial charge in [-0.2, -0.15) is 0 Å². The molecule has 0 aliphatic heterocycles. The van der Waals surface area contributed by atoms with Gasteiger partial charge in [0, 0.05) is 16.1 Å². The minimum absolute atomic E-state index is 0.416. The molecule has 3 aromatic rings.